The number of nitro groups is 1. The van der Waals surface area contributed by atoms with E-state index in [9.17, 15) is 14.9 Å². The van der Waals surface area contributed by atoms with Crippen molar-refractivity contribution in [1.82, 2.24) is 0 Å². The Morgan fingerprint density at radius 1 is 1.04 bits per heavy atom. The SMILES string of the molecule is O=C(COc1ccc(Cl)c2ccccc12)Nc1ccc([N+](=O)[O-])cc1. The van der Waals surface area contributed by atoms with Crippen molar-refractivity contribution in [3.8, 4) is 5.75 Å². The number of rotatable bonds is 5. The van der Waals surface area contributed by atoms with Gasteiger partial charge in [-0.3, -0.25) is 14.9 Å². The third-order valence-corrected chi connectivity index (χ3v) is 3.88. The number of carbonyl (C=O) groups is 1. The number of non-ortho nitro benzene ring substituents is 1. The van der Waals surface area contributed by atoms with Gasteiger partial charge in [-0.15, -0.1) is 0 Å². The van der Waals surface area contributed by atoms with Crippen molar-refractivity contribution in [2.75, 3.05) is 11.9 Å². The Balaban J connectivity index is 1.66. The Morgan fingerprint density at radius 2 is 1.72 bits per heavy atom. The Morgan fingerprint density at radius 3 is 2.40 bits per heavy atom. The van der Waals surface area contributed by atoms with Crippen LogP contribution in [0.4, 0.5) is 11.4 Å². The number of halogens is 1. The lowest BCUT2D eigenvalue weighted by Crippen LogP contribution is -2.20. The summed E-state index contributed by atoms with van der Waals surface area (Å²) in [6.07, 6.45) is 0. The summed E-state index contributed by atoms with van der Waals surface area (Å²) in [6.45, 7) is -0.192. The molecule has 1 N–H and O–H groups in total. The molecule has 0 spiro atoms. The van der Waals surface area contributed by atoms with Gasteiger partial charge in [-0.2, -0.15) is 0 Å². The Hall–Kier alpha value is -3.12. The summed E-state index contributed by atoms with van der Waals surface area (Å²) in [5.74, 6) is 0.187. The minimum Gasteiger partial charge on any atom is -0.483 e. The van der Waals surface area contributed by atoms with Gasteiger partial charge in [0.25, 0.3) is 11.6 Å². The van der Waals surface area contributed by atoms with Crippen molar-refractivity contribution in [1.29, 1.82) is 0 Å². The first-order valence-electron chi connectivity index (χ1n) is 7.39. The van der Waals surface area contributed by atoms with Gasteiger partial charge in [0.15, 0.2) is 6.61 Å². The highest BCUT2D eigenvalue weighted by atomic mass is 35.5. The van der Waals surface area contributed by atoms with Gasteiger partial charge in [0.05, 0.1) is 4.92 Å². The first-order valence-corrected chi connectivity index (χ1v) is 7.77. The summed E-state index contributed by atoms with van der Waals surface area (Å²) < 4.78 is 5.59. The van der Waals surface area contributed by atoms with E-state index < -0.39 is 4.92 Å². The molecule has 0 saturated carbocycles. The number of ether oxygens (including phenoxy) is 1. The van der Waals surface area contributed by atoms with Gasteiger partial charge in [0.2, 0.25) is 0 Å². The molecule has 0 unspecified atom stereocenters. The smallest absolute Gasteiger partial charge is 0.269 e. The maximum Gasteiger partial charge on any atom is 0.269 e. The quantitative estimate of drug-likeness (QED) is 0.542. The van der Waals surface area contributed by atoms with E-state index in [4.69, 9.17) is 16.3 Å². The Kier molecular flexibility index (Phi) is 4.81. The average molecular weight is 357 g/mol. The van der Waals surface area contributed by atoms with E-state index in [0.717, 1.165) is 10.8 Å². The summed E-state index contributed by atoms with van der Waals surface area (Å²) >= 11 is 6.15. The lowest BCUT2D eigenvalue weighted by Gasteiger charge is -2.10. The maximum absolute atomic E-state index is 12.0. The first-order chi connectivity index (χ1) is 12.0. The molecule has 0 bridgehead atoms. The monoisotopic (exact) mass is 356 g/mol. The highest BCUT2D eigenvalue weighted by Crippen LogP contribution is 2.31. The predicted molar refractivity (Wildman–Crippen MR) is 96.2 cm³/mol. The molecule has 1 amide bonds. The molecule has 126 valence electrons. The van der Waals surface area contributed by atoms with E-state index in [1.165, 1.54) is 24.3 Å². The van der Waals surface area contributed by atoms with Crippen molar-refractivity contribution in [2.45, 2.75) is 0 Å². The summed E-state index contributed by atoms with van der Waals surface area (Å²) in [5, 5.41) is 15.5. The van der Waals surface area contributed by atoms with Crippen LogP contribution in [-0.2, 0) is 4.79 Å². The zero-order valence-corrected chi connectivity index (χ0v) is 13.7. The minimum atomic E-state index is -0.500. The maximum atomic E-state index is 12.0. The number of nitrogens with one attached hydrogen (secondary N) is 1. The molecule has 3 aromatic carbocycles. The number of carbonyl (C=O) groups excluding carboxylic acids is 1. The number of benzene rings is 3. The van der Waals surface area contributed by atoms with Gasteiger partial charge in [-0.25, -0.2) is 0 Å². The fraction of sp³-hybridized carbons (Fsp3) is 0.0556. The van der Waals surface area contributed by atoms with E-state index in [-0.39, 0.29) is 18.2 Å². The molecule has 3 aromatic rings. The van der Waals surface area contributed by atoms with Gasteiger partial charge in [-0.05, 0) is 24.3 Å². The number of nitro benzene ring substituents is 1. The molecule has 0 aliphatic rings. The Bertz CT molecular complexity index is 941. The van der Waals surface area contributed by atoms with Crippen LogP contribution in [0.25, 0.3) is 10.8 Å². The molecule has 0 saturated heterocycles. The van der Waals surface area contributed by atoms with Crippen LogP contribution in [0.5, 0.6) is 5.75 Å². The van der Waals surface area contributed by atoms with Gasteiger partial charge in [0, 0.05) is 33.6 Å². The van der Waals surface area contributed by atoms with Crippen LogP contribution >= 0.6 is 11.6 Å². The van der Waals surface area contributed by atoms with E-state index >= 15 is 0 Å². The second kappa shape index (κ2) is 7.19. The molecular weight excluding hydrogens is 344 g/mol. The van der Waals surface area contributed by atoms with Gasteiger partial charge in [-0.1, -0.05) is 35.9 Å². The standard InChI is InChI=1S/C18H13ClN2O4/c19-16-9-10-17(15-4-2-1-3-14(15)16)25-11-18(22)20-12-5-7-13(8-6-12)21(23)24/h1-10H,11H2,(H,20,22). The van der Waals surface area contributed by atoms with Gasteiger partial charge in [0.1, 0.15) is 5.75 Å². The fourth-order valence-electron chi connectivity index (χ4n) is 2.37. The Labute approximate surface area is 148 Å². The molecule has 0 radical (unpaired) electrons. The number of amides is 1. The second-order valence-electron chi connectivity index (χ2n) is 5.23. The molecular formula is C18H13ClN2O4. The van der Waals surface area contributed by atoms with Crippen LogP contribution in [0.1, 0.15) is 0 Å². The number of hydrogen-bond donors (Lipinski definition) is 1. The van der Waals surface area contributed by atoms with E-state index in [2.05, 4.69) is 5.32 Å². The molecule has 3 rings (SSSR count). The molecule has 0 aliphatic carbocycles. The molecule has 25 heavy (non-hydrogen) atoms. The molecule has 0 fully saturated rings. The van der Waals surface area contributed by atoms with E-state index in [1.54, 1.807) is 12.1 Å². The lowest BCUT2D eigenvalue weighted by atomic mass is 10.1. The molecule has 0 atom stereocenters. The summed E-state index contributed by atoms with van der Waals surface area (Å²) in [4.78, 5) is 22.1. The number of nitrogens with zero attached hydrogens (tertiary/aromatic N) is 1. The number of anilines is 1. The average Bonchev–Trinajstić information content (AvgIpc) is 2.62. The van der Waals surface area contributed by atoms with Crippen molar-refractivity contribution < 1.29 is 14.5 Å². The number of hydrogen-bond acceptors (Lipinski definition) is 4. The predicted octanol–water partition coefficient (Wildman–Crippen LogP) is 4.42. The summed E-state index contributed by atoms with van der Waals surface area (Å²) in [6, 6.07) is 16.5. The van der Waals surface area contributed by atoms with E-state index in [1.807, 2.05) is 24.3 Å². The third kappa shape index (κ3) is 3.87. The molecule has 7 heteroatoms. The van der Waals surface area contributed by atoms with Gasteiger partial charge < -0.3 is 10.1 Å². The van der Waals surface area contributed by atoms with Crippen molar-refractivity contribution in [3.63, 3.8) is 0 Å². The van der Waals surface area contributed by atoms with Crippen LogP contribution in [0.15, 0.2) is 60.7 Å². The zero-order valence-electron chi connectivity index (χ0n) is 12.9. The van der Waals surface area contributed by atoms with E-state index in [0.29, 0.717) is 16.5 Å². The minimum absolute atomic E-state index is 0.0399. The van der Waals surface area contributed by atoms with Crippen LogP contribution in [0.3, 0.4) is 0 Å². The van der Waals surface area contributed by atoms with Crippen LogP contribution in [0, 0.1) is 10.1 Å². The third-order valence-electron chi connectivity index (χ3n) is 3.55. The van der Waals surface area contributed by atoms with Crippen molar-refractivity contribution >= 4 is 39.7 Å². The fourth-order valence-corrected chi connectivity index (χ4v) is 2.60. The van der Waals surface area contributed by atoms with Crippen LogP contribution in [0.2, 0.25) is 5.02 Å². The topological polar surface area (TPSA) is 81.5 Å². The lowest BCUT2D eigenvalue weighted by molar-refractivity contribution is -0.384. The molecule has 0 aliphatic heterocycles. The first kappa shape index (κ1) is 16.7. The van der Waals surface area contributed by atoms with Crippen molar-refractivity contribution in [2.24, 2.45) is 0 Å². The second-order valence-corrected chi connectivity index (χ2v) is 5.64. The van der Waals surface area contributed by atoms with Crippen LogP contribution < -0.4 is 10.1 Å². The van der Waals surface area contributed by atoms with Crippen LogP contribution in [-0.4, -0.2) is 17.4 Å². The highest BCUT2D eigenvalue weighted by molar-refractivity contribution is 6.35. The molecule has 0 heterocycles. The highest BCUT2D eigenvalue weighted by Gasteiger charge is 2.09. The van der Waals surface area contributed by atoms with Crippen molar-refractivity contribution in [3.05, 3.63) is 75.8 Å². The normalized spacial score (nSPS) is 10.4. The number of fused-ring (bicyclic) bond motifs is 1. The summed E-state index contributed by atoms with van der Waals surface area (Å²) in [5.41, 5.74) is 0.419. The van der Waals surface area contributed by atoms with Gasteiger partial charge >= 0.3 is 0 Å². The molecule has 0 aromatic heterocycles. The largest absolute Gasteiger partial charge is 0.483 e. The molecule has 6 nitrogen and oxygen atoms in total. The zero-order chi connectivity index (χ0) is 17.8. The summed E-state index contributed by atoms with van der Waals surface area (Å²) in [7, 11) is 0.